The van der Waals surface area contributed by atoms with Crippen molar-refractivity contribution in [2.45, 2.75) is 19.3 Å². The fourth-order valence-electron chi connectivity index (χ4n) is 3.85. The van der Waals surface area contributed by atoms with E-state index in [2.05, 4.69) is 83.1 Å². The Hall–Kier alpha value is -1.65. The van der Waals surface area contributed by atoms with Gasteiger partial charge in [0.25, 0.3) is 0 Å². The molecule has 0 aromatic heterocycles. The third kappa shape index (κ3) is 8.71. The van der Waals surface area contributed by atoms with Gasteiger partial charge in [-0.25, -0.2) is 8.42 Å². The summed E-state index contributed by atoms with van der Waals surface area (Å²) in [6.07, 6.45) is 0.925. The van der Waals surface area contributed by atoms with Gasteiger partial charge in [-0.05, 0) is 24.5 Å². The minimum atomic E-state index is -2.83. The van der Waals surface area contributed by atoms with Crippen LogP contribution in [0.1, 0.15) is 30.4 Å². The molecule has 3 rings (SSSR count). The number of hydrogen-bond acceptors (Lipinski definition) is 4. The molecule has 0 saturated carbocycles. The molecule has 0 amide bonds. The van der Waals surface area contributed by atoms with Crippen LogP contribution in [0, 0.1) is 0 Å². The Bertz CT molecular complexity index is 870. The lowest BCUT2D eigenvalue weighted by Crippen LogP contribution is -2.46. The van der Waals surface area contributed by atoms with Gasteiger partial charge < -0.3 is 10.6 Å². The maximum Gasteiger partial charge on any atom is 0.191 e. The molecule has 32 heavy (non-hydrogen) atoms. The first-order valence-corrected chi connectivity index (χ1v) is 12.9. The van der Waals surface area contributed by atoms with Crippen LogP contribution in [0.5, 0.6) is 0 Å². The lowest BCUT2D eigenvalue weighted by atomic mass is 9.89. The third-order valence-electron chi connectivity index (χ3n) is 5.59. The van der Waals surface area contributed by atoms with Crippen LogP contribution in [0.2, 0.25) is 0 Å². The molecule has 1 saturated heterocycles. The molecule has 2 aromatic rings. The van der Waals surface area contributed by atoms with Crippen LogP contribution >= 0.6 is 24.0 Å². The Morgan fingerprint density at radius 2 is 1.53 bits per heavy atom. The molecule has 1 fully saturated rings. The molecule has 1 aliphatic rings. The number of benzene rings is 2. The number of nitrogens with zero attached hydrogens (tertiary/aromatic N) is 2. The van der Waals surface area contributed by atoms with Gasteiger partial charge in [-0.15, -0.1) is 24.0 Å². The number of sulfone groups is 1. The molecule has 0 radical (unpaired) electrons. The fraction of sp³-hybridized carbons (Fsp3) is 0.458. The molecule has 2 aromatic carbocycles. The molecule has 176 valence electrons. The van der Waals surface area contributed by atoms with E-state index in [0.717, 1.165) is 32.0 Å². The van der Waals surface area contributed by atoms with Crippen molar-refractivity contribution in [1.82, 2.24) is 15.5 Å². The highest BCUT2D eigenvalue weighted by Gasteiger charge is 2.21. The zero-order chi connectivity index (χ0) is 21.9. The minimum Gasteiger partial charge on any atom is -0.357 e. The number of halogens is 1. The van der Waals surface area contributed by atoms with E-state index in [-0.39, 0.29) is 35.5 Å². The Balaban J connectivity index is 0.00000363. The van der Waals surface area contributed by atoms with Gasteiger partial charge in [0.2, 0.25) is 0 Å². The van der Waals surface area contributed by atoms with Gasteiger partial charge in [0.05, 0.1) is 11.5 Å². The van der Waals surface area contributed by atoms with E-state index in [4.69, 9.17) is 4.99 Å². The largest absolute Gasteiger partial charge is 0.357 e. The highest BCUT2D eigenvalue weighted by molar-refractivity contribution is 14.0. The average molecular weight is 571 g/mol. The van der Waals surface area contributed by atoms with Gasteiger partial charge in [-0.1, -0.05) is 60.7 Å². The fourth-order valence-corrected chi connectivity index (χ4v) is 5.13. The third-order valence-corrected chi connectivity index (χ3v) is 7.20. The minimum absolute atomic E-state index is 0. The zero-order valence-corrected chi connectivity index (χ0v) is 21.9. The number of rotatable bonds is 9. The van der Waals surface area contributed by atoms with Crippen molar-refractivity contribution in [3.05, 3.63) is 71.8 Å². The van der Waals surface area contributed by atoms with E-state index < -0.39 is 9.84 Å². The predicted octanol–water partition coefficient (Wildman–Crippen LogP) is 3.11. The summed E-state index contributed by atoms with van der Waals surface area (Å²) in [5.41, 5.74) is 2.61. The molecule has 0 spiro atoms. The first-order chi connectivity index (χ1) is 15.1. The second-order valence-electron chi connectivity index (χ2n) is 7.84. The van der Waals surface area contributed by atoms with Crippen molar-refractivity contribution in [1.29, 1.82) is 0 Å². The summed E-state index contributed by atoms with van der Waals surface area (Å²) < 4.78 is 23.1. The molecule has 1 heterocycles. The van der Waals surface area contributed by atoms with Crippen molar-refractivity contribution in [3.63, 3.8) is 0 Å². The Kier molecular flexibility index (Phi) is 11.5. The van der Waals surface area contributed by atoms with Gasteiger partial charge in [0.15, 0.2) is 15.8 Å². The standard InChI is InChI=1S/C24H34N4O2S.HI/c1-2-25-24(27-15-16-28-17-19-31(29,30)20-18-28)26-14-13-23(21-9-5-3-6-10-21)22-11-7-4-8-12-22;/h3-12,23H,2,13-20H2,1H3,(H2,25,26,27);1H. The summed E-state index contributed by atoms with van der Waals surface area (Å²) in [7, 11) is -2.83. The predicted molar refractivity (Wildman–Crippen MR) is 144 cm³/mol. The molecule has 0 aliphatic carbocycles. The molecule has 8 heteroatoms. The lowest BCUT2D eigenvalue weighted by molar-refractivity contribution is 0.299. The molecule has 0 unspecified atom stereocenters. The topological polar surface area (TPSA) is 73.8 Å². The van der Waals surface area contributed by atoms with Crippen LogP contribution < -0.4 is 10.6 Å². The van der Waals surface area contributed by atoms with E-state index in [1.807, 2.05) is 0 Å². The summed E-state index contributed by atoms with van der Waals surface area (Å²) in [5, 5.41) is 6.70. The molecular formula is C24H35IN4O2S. The summed E-state index contributed by atoms with van der Waals surface area (Å²) >= 11 is 0. The molecule has 0 bridgehead atoms. The number of aliphatic imine (C=N–C) groups is 1. The van der Waals surface area contributed by atoms with Crippen molar-refractivity contribution < 1.29 is 8.42 Å². The highest BCUT2D eigenvalue weighted by atomic mass is 127. The number of hydrogen-bond donors (Lipinski definition) is 2. The normalized spacial score (nSPS) is 16.4. The second-order valence-corrected chi connectivity index (χ2v) is 10.1. The van der Waals surface area contributed by atoms with E-state index in [1.54, 1.807) is 0 Å². The summed E-state index contributed by atoms with van der Waals surface area (Å²) in [4.78, 5) is 6.98. The highest BCUT2D eigenvalue weighted by Crippen LogP contribution is 2.27. The van der Waals surface area contributed by atoms with Crippen molar-refractivity contribution in [2.75, 3.05) is 50.8 Å². The molecular weight excluding hydrogens is 535 g/mol. The summed E-state index contributed by atoms with van der Waals surface area (Å²) in [6.45, 7) is 6.37. The molecule has 6 nitrogen and oxygen atoms in total. The van der Waals surface area contributed by atoms with Crippen LogP contribution in [0.25, 0.3) is 0 Å². The Morgan fingerprint density at radius 1 is 0.969 bits per heavy atom. The maximum atomic E-state index is 11.6. The van der Waals surface area contributed by atoms with Crippen molar-refractivity contribution in [3.8, 4) is 0 Å². The quantitative estimate of drug-likeness (QED) is 0.276. The average Bonchev–Trinajstić information content (AvgIpc) is 2.79. The molecule has 0 atom stereocenters. The lowest BCUT2D eigenvalue weighted by Gasteiger charge is -2.26. The van der Waals surface area contributed by atoms with Gasteiger partial charge in [0.1, 0.15) is 0 Å². The van der Waals surface area contributed by atoms with E-state index in [9.17, 15) is 8.42 Å². The number of guanidine groups is 1. The van der Waals surface area contributed by atoms with Crippen LogP contribution in [0.4, 0.5) is 0 Å². The van der Waals surface area contributed by atoms with Crippen LogP contribution in [0.15, 0.2) is 65.7 Å². The van der Waals surface area contributed by atoms with Gasteiger partial charge in [0, 0.05) is 45.2 Å². The van der Waals surface area contributed by atoms with E-state index in [1.165, 1.54) is 11.1 Å². The smallest absolute Gasteiger partial charge is 0.191 e. The van der Waals surface area contributed by atoms with Gasteiger partial charge in [-0.3, -0.25) is 9.89 Å². The second kappa shape index (κ2) is 13.8. The number of nitrogens with one attached hydrogen (secondary N) is 2. The first kappa shape index (κ1) is 26.6. The monoisotopic (exact) mass is 570 g/mol. The van der Waals surface area contributed by atoms with E-state index in [0.29, 0.717) is 25.6 Å². The van der Waals surface area contributed by atoms with E-state index >= 15 is 0 Å². The first-order valence-electron chi connectivity index (χ1n) is 11.1. The van der Waals surface area contributed by atoms with Gasteiger partial charge >= 0.3 is 0 Å². The summed E-state index contributed by atoms with van der Waals surface area (Å²) in [6, 6.07) is 21.2. The van der Waals surface area contributed by atoms with Crippen molar-refractivity contribution in [2.24, 2.45) is 4.99 Å². The Morgan fingerprint density at radius 3 is 2.06 bits per heavy atom. The molecule has 2 N–H and O–H groups in total. The SMILES string of the molecule is CCNC(=NCCC(c1ccccc1)c1ccccc1)NCCN1CCS(=O)(=O)CC1.I. The van der Waals surface area contributed by atoms with Crippen molar-refractivity contribution >= 4 is 39.8 Å². The van der Waals surface area contributed by atoms with Gasteiger partial charge in [-0.2, -0.15) is 0 Å². The summed E-state index contributed by atoms with van der Waals surface area (Å²) in [5.74, 6) is 1.65. The Labute approximate surface area is 209 Å². The maximum absolute atomic E-state index is 11.6. The zero-order valence-electron chi connectivity index (χ0n) is 18.7. The molecule has 1 aliphatic heterocycles. The van der Waals surface area contributed by atoms with Crippen LogP contribution in [-0.4, -0.2) is 70.1 Å². The van der Waals surface area contributed by atoms with Crippen LogP contribution in [0.3, 0.4) is 0 Å². The van der Waals surface area contributed by atoms with Crippen LogP contribution in [-0.2, 0) is 9.84 Å².